The predicted octanol–water partition coefficient (Wildman–Crippen LogP) is 4.53. The standard InChI is InChI=1S/C11H5BrClFOS/c12-7-5-6(1-2-8(7)14)11(15)9-3-4-10(13)16-9/h1-5H. The van der Waals surface area contributed by atoms with Crippen molar-refractivity contribution in [1.82, 2.24) is 0 Å². The summed E-state index contributed by atoms with van der Waals surface area (Å²) in [5, 5.41) is 0. The van der Waals surface area contributed by atoms with Gasteiger partial charge in [-0.3, -0.25) is 4.79 Å². The van der Waals surface area contributed by atoms with Crippen molar-refractivity contribution in [1.29, 1.82) is 0 Å². The molecule has 0 fully saturated rings. The van der Waals surface area contributed by atoms with E-state index < -0.39 is 0 Å². The van der Waals surface area contributed by atoms with Crippen LogP contribution in [-0.4, -0.2) is 5.78 Å². The van der Waals surface area contributed by atoms with Gasteiger partial charge < -0.3 is 0 Å². The maximum Gasteiger partial charge on any atom is 0.203 e. The summed E-state index contributed by atoms with van der Waals surface area (Å²) in [6.07, 6.45) is 0. The Morgan fingerprint density at radius 3 is 2.62 bits per heavy atom. The molecule has 5 heteroatoms. The van der Waals surface area contributed by atoms with Gasteiger partial charge in [-0.25, -0.2) is 4.39 Å². The van der Waals surface area contributed by atoms with Gasteiger partial charge in [0.15, 0.2) is 0 Å². The van der Waals surface area contributed by atoms with Crippen molar-refractivity contribution < 1.29 is 9.18 Å². The van der Waals surface area contributed by atoms with E-state index in [0.29, 0.717) is 14.8 Å². The van der Waals surface area contributed by atoms with E-state index in [1.54, 1.807) is 12.1 Å². The third-order valence-electron chi connectivity index (χ3n) is 1.98. The average Bonchev–Trinajstić information content (AvgIpc) is 2.68. The molecule has 0 aliphatic heterocycles. The molecule has 16 heavy (non-hydrogen) atoms. The van der Waals surface area contributed by atoms with E-state index in [-0.39, 0.29) is 16.1 Å². The molecule has 0 saturated carbocycles. The minimum atomic E-state index is -0.388. The van der Waals surface area contributed by atoms with Crippen molar-refractivity contribution in [2.45, 2.75) is 0 Å². The van der Waals surface area contributed by atoms with E-state index >= 15 is 0 Å². The third kappa shape index (κ3) is 2.34. The zero-order chi connectivity index (χ0) is 11.7. The van der Waals surface area contributed by atoms with Crippen LogP contribution in [0.15, 0.2) is 34.8 Å². The van der Waals surface area contributed by atoms with Gasteiger partial charge in [-0.05, 0) is 46.3 Å². The third-order valence-corrected chi connectivity index (χ3v) is 3.82. The van der Waals surface area contributed by atoms with Crippen LogP contribution in [0.1, 0.15) is 15.2 Å². The Morgan fingerprint density at radius 2 is 2.06 bits per heavy atom. The molecule has 0 unspecified atom stereocenters. The lowest BCUT2D eigenvalue weighted by Gasteiger charge is -1.99. The Morgan fingerprint density at radius 1 is 1.31 bits per heavy atom. The second kappa shape index (κ2) is 4.65. The van der Waals surface area contributed by atoms with Crippen LogP contribution in [0.5, 0.6) is 0 Å². The van der Waals surface area contributed by atoms with Gasteiger partial charge in [0.25, 0.3) is 0 Å². The second-order valence-corrected chi connectivity index (χ2v) is 5.63. The van der Waals surface area contributed by atoms with Crippen LogP contribution < -0.4 is 0 Å². The molecule has 1 nitrogen and oxygen atoms in total. The minimum Gasteiger partial charge on any atom is -0.288 e. The molecule has 0 aliphatic carbocycles. The molecule has 1 aromatic heterocycles. The first-order valence-electron chi connectivity index (χ1n) is 4.33. The molecule has 2 aromatic rings. The summed E-state index contributed by atoms with van der Waals surface area (Å²) in [7, 11) is 0. The fourth-order valence-corrected chi connectivity index (χ4v) is 2.60. The van der Waals surface area contributed by atoms with Crippen LogP contribution in [0, 0.1) is 5.82 Å². The first-order chi connectivity index (χ1) is 7.58. The summed E-state index contributed by atoms with van der Waals surface area (Å²) in [4.78, 5) is 12.5. The van der Waals surface area contributed by atoms with Gasteiger partial charge in [-0.1, -0.05) is 11.6 Å². The van der Waals surface area contributed by atoms with Crippen LogP contribution in [0.2, 0.25) is 4.34 Å². The number of thiophene rings is 1. The zero-order valence-corrected chi connectivity index (χ0v) is 11.0. The van der Waals surface area contributed by atoms with Gasteiger partial charge in [0.1, 0.15) is 5.82 Å². The van der Waals surface area contributed by atoms with E-state index in [4.69, 9.17) is 11.6 Å². The molecule has 82 valence electrons. The van der Waals surface area contributed by atoms with Gasteiger partial charge >= 0.3 is 0 Å². The largest absolute Gasteiger partial charge is 0.288 e. The van der Waals surface area contributed by atoms with Crippen LogP contribution >= 0.6 is 38.9 Å². The number of carbonyl (C=O) groups is 1. The Bertz CT molecular complexity index is 553. The van der Waals surface area contributed by atoms with Crippen molar-refractivity contribution in [2.24, 2.45) is 0 Å². The van der Waals surface area contributed by atoms with E-state index in [1.807, 2.05) is 0 Å². The van der Waals surface area contributed by atoms with Crippen LogP contribution in [0.25, 0.3) is 0 Å². The Kier molecular flexibility index (Phi) is 3.42. The van der Waals surface area contributed by atoms with Crippen LogP contribution in [-0.2, 0) is 0 Å². The summed E-state index contributed by atoms with van der Waals surface area (Å²) in [5.74, 6) is -0.543. The number of ketones is 1. The highest BCUT2D eigenvalue weighted by Crippen LogP contribution is 2.25. The van der Waals surface area contributed by atoms with E-state index in [2.05, 4.69) is 15.9 Å². The highest BCUT2D eigenvalue weighted by Gasteiger charge is 2.12. The number of benzene rings is 1. The van der Waals surface area contributed by atoms with Gasteiger partial charge in [-0.15, -0.1) is 11.3 Å². The van der Waals surface area contributed by atoms with Crippen LogP contribution in [0.3, 0.4) is 0 Å². The molecule has 0 bridgehead atoms. The predicted molar refractivity (Wildman–Crippen MR) is 66.9 cm³/mol. The van der Waals surface area contributed by atoms with Crippen molar-refractivity contribution in [3.05, 3.63) is 55.4 Å². The Hall–Kier alpha value is -0.710. The summed E-state index contributed by atoms with van der Waals surface area (Å²) in [6.45, 7) is 0. The minimum absolute atomic E-state index is 0.155. The SMILES string of the molecule is O=C(c1ccc(F)c(Br)c1)c1ccc(Cl)s1. The van der Waals surface area contributed by atoms with E-state index in [9.17, 15) is 9.18 Å². The van der Waals surface area contributed by atoms with Crippen molar-refractivity contribution in [3.8, 4) is 0 Å². The molecule has 0 spiro atoms. The molecule has 1 aromatic carbocycles. The molecule has 0 atom stereocenters. The first-order valence-corrected chi connectivity index (χ1v) is 6.32. The monoisotopic (exact) mass is 318 g/mol. The summed E-state index contributed by atoms with van der Waals surface area (Å²) in [5.41, 5.74) is 0.437. The fraction of sp³-hybridized carbons (Fsp3) is 0. The second-order valence-electron chi connectivity index (χ2n) is 3.06. The molecule has 0 radical (unpaired) electrons. The first kappa shape index (κ1) is 11.8. The molecule has 2 rings (SSSR count). The molecule has 1 heterocycles. The summed E-state index contributed by atoms with van der Waals surface area (Å²) in [6, 6.07) is 7.50. The number of hydrogen-bond donors (Lipinski definition) is 0. The van der Waals surface area contributed by atoms with Crippen molar-refractivity contribution in [3.63, 3.8) is 0 Å². The van der Waals surface area contributed by atoms with E-state index in [1.165, 1.54) is 29.5 Å². The molecular formula is C11H5BrClFOS. The zero-order valence-electron chi connectivity index (χ0n) is 7.84. The van der Waals surface area contributed by atoms with Gasteiger partial charge in [0, 0.05) is 5.56 Å². The fourth-order valence-electron chi connectivity index (χ4n) is 1.22. The molecule has 0 aliphatic rings. The number of rotatable bonds is 2. The Labute approximate surface area is 109 Å². The van der Waals surface area contributed by atoms with Gasteiger partial charge in [-0.2, -0.15) is 0 Å². The normalized spacial score (nSPS) is 10.4. The smallest absolute Gasteiger partial charge is 0.203 e. The van der Waals surface area contributed by atoms with Crippen molar-refractivity contribution in [2.75, 3.05) is 0 Å². The number of hydrogen-bond acceptors (Lipinski definition) is 2. The number of carbonyl (C=O) groups excluding carboxylic acids is 1. The topological polar surface area (TPSA) is 17.1 Å². The van der Waals surface area contributed by atoms with Gasteiger partial charge in [0.2, 0.25) is 5.78 Å². The summed E-state index contributed by atoms with van der Waals surface area (Å²) >= 11 is 10.00. The summed E-state index contributed by atoms with van der Waals surface area (Å²) < 4.78 is 13.8. The average molecular weight is 320 g/mol. The maximum atomic E-state index is 13.0. The lowest BCUT2D eigenvalue weighted by molar-refractivity contribution is 0.104. The molecule has 0 saturated heterocycles. The molecule has 0 N–H and O–H groups in total. The highest BCUT2D eigenvalue weighted by atomic mass is 79.9. The molecule has 0 amide bonds. The lowest BCUT2D eigenvalue weighted by Crippen LogP contribution is -1.98. The lowest BCUT2D eigenvalue weighted by atomic mass is 10.1. The molecular weight excluding hydrogens is 315 g/mol. The van der Waals surface area contributed by atoms with E-state index in [0.717, 1.165) is 0 Å². The van der Waals surface area contributed by atoms with Crippen LogP contribution in [0.4, 0.5) is 4.39 Å². The van der Waals surface area contributed by atoms with Gasteiger partial charge in [0.05, 0.1) is 13.7 Å². The maximum absolute atomic E-state index is 13.0. The Balaban J connectivity index is 2.38. The highest BCUT2D eigenvalue weighted by molar-refractivity contribution is 9.10. The quantitative estimate of drug-likeness (QED) is 0.743. The van der Waals surface area contributed by atoms with Crippen molar-refractivity contribution >= 4 is 44.7 Å². The number of halogens is 3.